The van der Waals surface area contributed by atoms with Gasteiger partial charge in [-0.2, -0.15) is 5.10 Å². The predicted octanol–water partition coefficient (Wildman–Crippen LogP) is 1.64. The highest BCUT2D eigenvalue weighted by Gasteiger charge is 2.15. The number of hydrogen-bond acceptors (Lipinski definition) is 2. The molecule has 2 N–H and O–H groups in total. The third-order valence-corrected chi connectivity index (χ3v) is 2.39. The fraction of sp³-hybridized carbons (Fsp3) is 0.700. The zero-order valence-corrected chi connectivity index (χ0v) is 8.91. The maximum Gasteiger partial charge on any atom is 0.0625 e. The summed E-state index contributed by atoms with van der Waals surface area (Å²) in [6.07, 6.45) is 0.971. The summed E-state index contributed by atoms with van der Waals surface area (Å²) < 4.78 is 1.89. The molecular formula is C10H19N3. The van der Waals surface area contributed by atoms with Crippen molar-refractivity contribution < 1.29 is 0 Å². The van der Waals surface area contributed by atoms with E-state index in [1.807, 2.05) is 11.7 Å². The molecule has 0 fully saturated rings. The summed E-state index contributed by atoms with van der Waals surface area (Å²) in [6.45, 7) is 6.36. The molecule has 3 heteroatoms. The SMILES string of the molecule is CCc1cc(C(N)C(C)C)n(C)n1. The van der Waals surface area contributed by atoms with Crippen molar-refractivity contribution in [2.75, 3.05) is 0 Å². The summed E-state index contributed by atoms with van der Waals surface area (Å²) in [7, 11) is 1.96. The summed E-state index contributed by atoms with van der Waals surface area (Å²) in [5.74, 6) is 0.458. The van der Waals surface area contributed by atoms with Crippen molar-refractivity contribution in [2.24, 2.45) is 18.7 Å². The average Bonchev–Trinajstić information content (AvgIpc) is 2.45. The first-order valence-corrected chi connectivity index (χ1v) is 4.84. The van der Waals surface area contributed by atoms with Gasteiger partial charge in [-0.05, 0) is 18.4 Å². The lowest BCUT2D eigenvalue weighted by Gasteiger charge is -2.15. The summed E-state index contributed by atoms with van der Waals surface area (Å²) in [5, 5.41) is 4.37. The molecule has 0 spiro atoms. The van der Waals surface area contributed by atoms with Crippen molar-refractivity contribution >= 4 is 0 Å². The van der Waals surface area contributed by atoms with Gasteiger partial charge in [0.05, 0.1) is 11.4 Å². The van der Waals surface area contributed by atoms with Crippen LogP contribution in [-0.2, 0) is 13.5 Å². The van der Waals surface area contributed by atoms with Crippen LogP contribution in [0.4, 0.5) is 0 Å². The van der Waals surface area contributed by atoms with Gasteiger partial charge < -0.3 is 5.73 Å². The van der Waals surface area contributed by atoms with Crippen molar-refractivity contribution in [1.82, 2.24) is 9.78 Å². The van der Waals surface area contributed by atoms with Crippen LogP contribution in [0.1, 0.15) is 38.2 Å². The normalized spacial score (nSPS) is 13.7. The number of hydrogen-bond donors (Lipinski definition) is 1. The van der Waals surface area contributed by atoms with Gasteiger partial charge in [-0.3, -0.25) is 4.68 Å². The molecule has 0 saturated carbocycles. The van der Waals surface area contributed by atoms with Gasteiger partial charge in [0.2, 0.25) is 0 Å². The molecule has 1 unspecified atom stereocenters. The molecule has 0 amide bonds. The van der Waals surface area contributed by atoms with Crippen molar-refractivity contribution in [2.45, 2.75) is 33.2 Å². The van der Waals surface area contributed by atoms with E-state index >= 15 is 0 Å². The molecule has 0 aliphatic carbocycles. The molecule has 0 aliphatic heterocycles. The first kappa shape index (κ1) is 10.3. The van der Waals surface area contributed by atoms with Crippen LogP contribution in [0.5, 0.6) is 0 Å². The fourth-order valence-corrected chi connectivity index (χ4v) is 1.37. The molecule has 0 aliphatic rings. The van der Waals surface area contributed by atoms with Crippen LogP contribution in [0, 0.1) is 5.92 Å². The molecular weight excluding hydrogens is 162 g/mol. The number of aromatic nitrogens is 2. The highest BCUT2D eigenvalue weighted by Crippen LogP contribution is 2.19. The Morgan fingerprint density at radius 1 is 1.54 bits per heavy atom. The Kier molecular flexibility index (Phi) is 3.09. The molecule has 0 saturated heterocycles. The zero-order chi connectivity index (χ0) is 10.0. The van der Waals surface area contributed by atoms with Gasteiger partial charge in [-0.25, -0.2) is 0 Å². The van der Waals surface area contributed by atoms with E-state index in [-0.39, 0.29) is 6.04 Å². The first-order valence-electron chi connectivity index (χ1n) is 4.84. The second-order valence-corrected chi connectivity index (χ2v) is 3.81. The monoisotopic (exact) mass is 181 g/mol. The molecule has 3 nitrogen and oxygen atoms in total. The van der Waals surface area contributed by atoms with E-state index in [0.29, 0.717) is 5.92 Å². The van der Waals surface area contributed by atoms with E-state index in [1.165, 1.54) is 0 Å². The van der Waals surface area contributed by atoms with Crippen LogP contribution in [-0.4, -0.2) is 9.78 Å². The molecule has 1 aromatic rings. The Morgan fingerprint density at radius 2 is 2.15 bits per heavy atom. The van der Waals surface area contributed by atoms with Crippen LogP contribution in [0.2, 0.25) is 0 Å². The maximum atomic E-state index is 6.05. The van der Waals surface area contributed by atoms with Crippen molar-refractivity contribution in [3.05, 3.63) is 17.5 Å². The fourth-order valence-electron chi connectivity index (χ4n) is 1.37. The summed E-state index contributed by atoms with van der Waals surface area (Å²) >= 11 is 0. The van der Waals surface area contributed by atoms with Crippen LogP contribution in [0.25, 0.3) is 0 Å². The third-order valence-electron chi connectivity index (χ3n) is 2.39. The summed E-state index contributed by atoms with van der Waals surface area (Å²) in [6, 6.07) is 2.20. The average molecular weight is 181 g/mol. The quantitative estimate of drug-likeness (QED) is 0.770. The minimum atomic E-state index is 0.0952. The van der Waals surface area contributed by atoms with Gasteiger partial charge in [-0.15, -0.1) is 0 Å². The lowest BCUT2D eigenvalue weighted by atomic mass is 10.0. The Morgan fingerprint density at radius 3 is 2.54 bits per heavy atom. The highest BCUT2D eigenvalue weighted by atomic mass is 15.3. The molecule has 1 heterocycles. The molecule has 0 aromatic carbocycles. The molecule has 0 bridgehead atoms. The number of nitrogens with zero attached hydrogens (tertiary/aromatic N) is 2. The van der Waals surface area contributed by atoms with Gasteiger partial charge in [0.15, 0.2) is 0 Å². The zero-order valence-electron chi connectivity index (χ0n) is 8.91. The van der Waals surface area contributed by atoms with E-state index in [9.17, 15) is 0 Å². The Bertz CT molecular complexity index is 276. The van der Waals surface area contributed by atoms with E-state index in [2.05, 4.69) is 31.9 Å². The van der Waals surface area contributed by atoms with Crippen molar-refractivity contribution in [3.63, 3.8) is 0 Å². The first-order chi connectivity index (χ1) is 6.06. The lowest BCUT2D eigenvalue weighted by molar-refractivity contribution is 0.480. The van der Waals surface area contributed by atoms with Crippen LogP contribution < -0.4 is 5.73 Å². The van der Waals surface area contributed by atoms with Gasteiger partial charge in [0, 0.05) is 13.1 Å². The third kappa shape index (κ3) is 2.10. The summed E-state index contributed by atoms with van der Waals surface area (Å²) in [5.41, 5.74) is 8.30. The Hall–Kier alpha value is -0.830. The van der Waals surface area contributed by atoms with E-state index in [4.69, 9.17) is 5.73 Å². The van der Waals surface area contributed by atoms with Crippen LogP contribution in [0.3, 0.4) is 0 Å². The predicted molar refractivity (Wildman–Crippen MR) is 54.4 cm³/mol. The second kappa shape index (κ2) is 3.92. The maximum absolute atomic E-state index is 6.05. The molecule has 74 valence electrons. The molecule has 13 heavy (non-hydrogen) atoms. The number of aryl methyl sites for hydroxylation is 2. The second-order valence-electron chi connectivity index (χ2n) is 3.81. The van der Waals surface area contributed by atoms with Gasteiger partial charge in [-0.1, -0.05) is 20.8 Å². The molecule has 1 rings (SSSR count). The molecule has 1 atom stereocenters. The van der Waals surface area contributed by atoms with E-state index < -0.39 is 0 Å². The number of nitrogens with two attached hydrogens (primary N) is 1. The van der Waals surface area contributed by atoms with E-state index in [0.717, 1.165) is 17.8 Å². The number of rotatable bonds is 3. The minimum Gasteiger partial charge on any atom is -0.322 e. The van der Waals surface area contributed by atoms with Crippen molar-refractivity contribution in [3.8, 4) is 0 Å². The standard InChI is InChI=1S/C10H19N3/c1-5-8-6-9(13(4)12-8)10(11)7(2)3/h6-7,10H,5,11H2,1-4H3. The van der Waals surface area contributed by atoms with E-state index in [1.54, 1.807) is 0 Å². The lowest BCUT2D eigenvalue weighted by Crippen LogP contribution is -2.19. The molecule has 1 aromatic heterocycles. The van der Waals surface area contributed by atoms with Gasteiger partial charge >= 0.3 is 0 Å². The van der Waals surface area contributed by atoms with Crippen molar-refractivity contribution in [1.29, 1.82) is 0 Å². The van der Waals surface area contributed by atoms with Crippen LogP contribution >= 0.6 is 0 Å². The summed E-state index contributed by atoms with van der Waals surface area (Å²) in [4.78, 5) is 0. The van der Waals surface area contributed by atoms with Gasteiger partial charge in [0.25, 0.3) is 0 Å². The largest absolute Gasteiger partial charge is 0.322 e. The highest BCUT2D eigenvalue weighted by molar-refractivity contribution is 5.14. The topological polar surface area (TPSA) is 43.8 Å². The van der Waals surface area contributed by atoms with Gasteiger partial charge in [0.1, 0.15) is 0 Å². The minimum absolute atomic E-state index is 0.0952. The van der Waals surface area contributed by atoms with Crippen LogP contribution in [0.15, 0.2) is 6.07 Å². The smallest absolute Gasteiger partial charge is 0.0625 e. The molecule has 0 radical (unpaired) electrons. The Labute approximate surface area is 79.9 Å². The Balaban J connectivity index is 2.93.